The van der Waals surface area contributed by atoms with E-state index in [0.29, 0.717) is 5.56 Å². The van der Waals surface area contributed by atoms with Crippen LogP contribution in [0.2, 0.25) is 0 Å². The Bertz CT molecular complexity index is 453. The van der Waals surface area contributed by atoms with Crippen molar-refractivity contribution in [3.05, 3.63) is 29.8 Å². The number of alkyl halides is 3. The first-order valence-corrected chi connectivity index (χ1v) is 5.70. The molecule has 19 heavy (non-hydrogen) atoms. The minimum atomic E-state index is -4.76. The van der Waals surface area contributed by atoms with E-state index in [1.54, 1.807) is 26.8 Å². The molecule has 1 rings (SSSR count). The third kappa shape index (κ3) is 4.15. The topological polar surface area (TPSA) is 35.5 Å². The van der Waals surface area contributed by atoms with Gasteiger partial charge in [-0.15, -0.1) is 13.2 Å². The predicted molar refractivity (Wildman–Crippen MR) is 62.8 cm³/mol. The van der Waals surface area contributed by atoms with Crippen molar-refractivity contribution in [3.8, 4) is 5.75 Å². The molecular formula is C13H15F3O3. The maximum Gasteiger partial charge on any atom is 0.573 e. The first kappa shape index (κ1) is 15.3. The van der Waals surface area contributed by atoms with E-state index in [4.69, 9.17) is 4.74 Å². The number of carbonyl (C=O) groups is 1. The van der Waals surface area contributed by atoms with Crippen LogP contribution in [0.15, 0.2) is 24.3 Å². The number of ether oxygens (including phenoxy) is 2. The zero-order chi connectivity index (χ0) is 14.7. The standard InChI is InChI=1S/C13H15F3O3/c1-4-18-11(17)12(2,3)9-6-5-7-10(8-9)19-13(14,15)16/h5-8H,4H2,1-3H3. The van der Waals surface area contributed by atoms with Gasteiger partial charge in [-0.3, -0.25) is 4.79 Å². The van der Waals surface area contributed by atoms with Crippen LogP contribution < -0.4 is 4.74 Å². The average molecular weight is 276 g/mol. The highest BCUT2D eigenvalue weighted by atomic mass is 19.4. The Balaban J connectivity index is 3.01. The van der Waals surface area contributed by atoms with Gasteiger partial charge in [0.2, 0.25) is 0 Å². The maximum atomic E-state index is 12.1. The molecule has 0 N–H and O–H groups in total. The maximum absolute atomic E-state index is 12.1. The number of esters is 1. The van der Waals surface area contributed by atoms with Gasteiger partial charge in [0.05, 0.1) is 12.0 Å². The monoisotopic (exact) mass is 276 g/mol. The number of rotatable bonds is 4. The van der Waals surface area contributed by atoms with Crippen LogP contribution in [0.3, 0.4) is 0 Å². The Morgan fingerprint density at radius 1 is 1.26 bits per heavy atom. The normalized spacial score (nSPS) is 12.1. The minimum Gasteiger partial charge on any atom is -0.465 e. The number of carbonyl (C=O) groups excluding carboxylic acids is 1. The molecule has 3 nitrogen and oxygen atoms in total. The lowest BCUT2D eigenvalue weighted by Gasteiger charge is -2.23. The molecular weight excluding hydrogens is 261 g/mol. The summed E-state index contributed by atoms with van der Waals surface area (Å²) in [7, 11) is 0. The molecule has 1 aromatic rings. The second kappa shape index (κ2) is 5.50. The smallest absolute Gasteiger partial charge is 0.465 e. The summed E-state index contributed by atoms with van der Waals surface area (Å²) in [6.45, 7) is 5.04. The molecule has 0 bridgehead atoms. The average Bonchev–Trinajstić information content (AvgIpc) is 2.27. The van der Waals surface area contributed by atoms with Crippen LogP contribution in [0, 0.1) is 0 Å². The molecule has 106 valence electrons. The summed E-state index contributed by atoms with van der Waals surface area (Å²) < 4.78 is 45.1. The molecule has 0 aliphatic carbocycles. The molecule has 0 heterocycles. The van der Waals surface area contributed by atoms with Crippen molar-refractivity contribution >= 4 is 5.97 Å². The molecule has 0 unspecified atom stereocenters. The van der Waals surface area contributed by atoms with E-state index in [1.165, 1.54) is 18.2 Å². The van der Waals surface area contributed by atoms with Gasteiger partial charge in [0.15, 0.2) is 0 Å². The molecule has 0 saturated carbocycles. The highest BCUT2D eigenvalue weighted by Crippen LogP contribution is 2.30. The molecule has 0 aliphatic heterocycles. The van der Waals surface area contributed by atoms with Crippen LogP contribution >= 0.6 is 0 Å². The summed E-state index contributed by atoms with van der Waals surface area (Å²) in [5.74, 6) is -0.860. The second-order valence-electron chi connectivity index (χ2n) is 4.42. The number of benzene rings is 1. The summed E-state index contributed by atoms with van der Waals surface area (Å²) in [5.41, 5.74) is -0.645. The van der Waals surface area contributed by atoms with E-state index in [9.17, 15) is 18.0 Å². The summed E-state index contributed by atoms with van der Waals surface area (Å²) in [4.78, 5) is 11.8. The molecule has 0 spiro atoms. The Kier molecular flexibility index (Phi) is 4.44. The van der Waals surface area contributed by atoms with Crippen LogP contribution in [-0.4, -0.2) is 18.9 Å². The van der Waals surface area contributed by atoms with Crippen molar-refractivity contribution in [2.24, 2.45) is 0 Å². The summed E-state index contributed by atoms with van der Waals surface area (Å²) in [6, 6.07) is 5.32. The Hall–Kier alpha value is -1.72. The third-order valence-electron chi connectivity index (χ3n) is 2.58. The number of hydrogen-bond donors (Lipinski definition) is 0. The van der Waals surface area contributed by atoms with Gasteiger partial charge in [0, 0.05) is 0 Å². The van der Waals surface area contributed by atoms with Gasteiger partial charge in [-0.05, 0) is 38.5 Å². The second-order valence-corrected chi connectivity index (χ2v) is 4.42. The van der Waals surface area contributed by atoms with Crippen LogP contribution in [0.4, 0.5) is 13.2 Å². The van der Waals surface area contributed by atoms with Gasteiger partial charge in [-0.1, -0.05) is 12.1 Å². The summed E-state index contributed by atoms with van der Waals surface area (Å²) in [6.07, 6.45) is -4.76. The van der Waals surface area contributed by atoms with E-state index < -0.39 is 17.7 Å². The van der Waals surface area contributed by atoms with E-state index in [-0.39, 0.29) is 12.4 Å². The van der Waals surface area contributed by atoms with Crippen LogP contribution in [-0.2, 0) is 14.9 Å². The Morgan fingerprint density at radius 2 is 1.89 bits per heavy atom. The largest absolute Gasteiger partial charge is 0.573 e. The summed E-state index contributed by atoms with van der Waals surface area (Å²) in [5, 5.41) is 0. The lowest BCUT2D eigenvalue weighted by Crippen LogP contribution is -2.31. The van der Waals surface area contributed by atoms with Crippen LogP contribution in [0.25, 0.3) is 0 Å². The number of halogens is 3. The molecule has 6 heteroatoms. The summed E-state index contributed by atoms with van der Waals surface area (Å²) >= 11 is 0. The van der Waals surface area contributed by atoms with Gasteiger partial charge in [-0.25, -0.2) is 0 Å². The minimum absolute atomic E-state index is 0.209. The van der Waals surface area contributed by atoms with Gasteiger partial charge in [0.1, 0.15) is 5.75 Å². The zero-order valence-corrected chi connectivity index (χ0v) is 10.9. The fourth-order valence-electron chi connectivity index (χ4n) is 1.51. The van der Waals surface area contributed by atoms with Gasteiger partial charge < -0.3 is 9.47 Å². The first-order chi connectivity index (χ1) is 8.66. The number of hydrogen-bond acceptors (Lipinski definition) is 3. The van der Waals surface area contributed by atoms with Crippen molar-refractivity contribution < 1.29 is 27.4 Å². The Morgan fingerprint density at radius 3 is 2.42 bits per heavy atom. The van der Waals surface area contributed by atoms with Crippen LogP contribution in [0.1, 0.15) is 26.3 Å². The molecule has 0 radical (unpaired) electrons. The Labute approximate surface area is 109 Å². The molecule has 1 aromatic carbocycles. The van der Waals surface area contributed by atoms with Crippen molar-refractivity contribution in [1.29, 1.82) is 0 Å². The third-order valence-corrected chi connectivity index (χ3v) is 2.58. The molecule has 0 saturated heterocycles. The lowest BCUT2D eigenvalue weighted by atomic mass is 9.84. The van der Waals surface area contributed by atoms with Crippen LogP contribution in [0.5, 0.6) is 5.75 Å². The fourth-order valence-corrected chi connectivity index (χ4v) is 1.51. The van der Waals surface area contributed by atoms with E-state index in [0.717, 1.165) is 0 Å². The van der Waals surface area contributed by atoms with E-state index in [2.05, 4.69) is 4.74 Å². The van der Waals surface area contributed by atoms with Gasteiger partial charge in [0.25, 0.3) is 0 Å². The van der Waals surface area contributed by atoms with Gasteiger partial charge in [-0.2, -0.15) is 0 Å². The lowest BCUT2D eigenvalue weighted by molar-refractivity contribution is -0.274. The van der Waals surface area contributed by atoms with Crippen molar-refractivity contribution in [3.63, 3.8) is 0 Å². The first-order valence-electron chi connectivity index (χ1n) is 5.70. The quantitative estimate of drug-likeness (QED) is 0.790. The molecule has 0 amide bonds. The predicted octanol–water partition coefficient (Wildman–Crippen LogP) is 3.43. The molecule has 0 aromatic heterocycles. The van der Waals surface area contributed by atoms with Crippen molar-refractivity contribution in [1.82, 2.24) is 0 Å². The van der Waals surface area contributed by atoms with Crippen molar-refractivity contribution in [2.45, 2.75) is 32.5 Å². The fraction of sp³-hybridized carbons (Fsp3) is 0.462. The molecule has 0 atom stereocenters. The highest BCUT2D eigenvalue weighted by molar-refractivity contribution is 5.82. The van der Waals surface area contributed by atoms with Crippen molar-refractivity contribution in [2.75, 3.05) is 6.61 Å². The zero-order valence-electron chi connectivity index (χ0n) is 10.9. The van der Waals surface area contributed by atoms with E-state index >= 15 is 0 Å². The highest BCUT2D eigenvalue weighted by Gasteiger charge is 2.34. The van der Waals surface area contributed by atoms with E-state index in [1.807, 2.05) is 0 Å². The molecule has 0 aliphatic rings. The van der Waals surface area contributed by atoms with Gasteiger partial charge >= 0.3 is 12.3 Å². The molecule has 0 fully saturated rings. The SMILES string of the molecule is CCOC(=O)C(C)(C)c1cccc(OC(F)(F)F)c1.